The SMILES string of the molecule is Cn1c(Cc2ccccc2)nnc1SCC(=O)Nc1cc(F)cc(F)c1. The molecule has 0 radical (unpaired) electrons. The number of thioether (sulfide) groups is 1. The molecule has 0 aliphatic carbocycles. The van der Waals surface area contributed by atoms with Crippen molar-refractivity contribution >= 4 is 23.4 Å². The molecule has 0 spiro atoms. The minimum atomic E-state index is -0.744. The topological polar surface area (TPSA) is 59.8 Å². The van der Waals surface area contributed by atoms with Crippen molar-refractivity contribution in [1.82, 2.24) is 14.8 Å². The third kappa shape index (κ3) is 4.66. The molecule has 2 aromatic carbocycles. The number of aromatic nitrogens is 3. The van der Waals surface area contributed by atoms with Crippen molar-refractivity contribution in [2.75, 3.05) is 11.1 Å². The first-order chi connectivity index (χ1) is 12.5. The lowest BCUT2D eigenvalue weighted by molar-refractivity contribution is -0.113. The molecule has 5 nitrogen and oxygen atoms in total. The Kier molecular flexibility index (Phi) is 5.62. The molecule has 26 heavy (non-hydrogen) atoms. The number of carbonyl (C=O) groups is 1. The van der Waals surface area contributed by atoms with Gasteiger partial charge < -0.3 is 9.88 Å². The van der Waals surface area contributed by atoms with Crippen LogP contribution in [0.15, 0.2) is 53.7 Å². The number of hydrogen-bond acceptors (Lipinski definition) is 4. The zero-order chi connectivity index (χ0) is 18.5. The molecule has 0 aliphatic heterocycles. The largest absolute Gasteiger partial charge is 0.325 e. The normalized spacial score (nSPS) is 10.7. The van der Waals surface area contributed by atoms with Gasteiger partial charge in [-0.15, -0.1) is 10.2 Å². The number of carbonyl (C=O) groups excluding carboxylic acids is 1. The Morgan fingerprint density at radius 3 is 2.50 bits per heavy atom. The van der Waals surface area contributed by atoms with Crippen LogP contribution >= 0.6 is 11.8 Å². The molecule has 0 fully saturated rings. The number of benzene rings is 2. The number of anilines is 1. The summed E-state index contributed by atoms with van der Waals surface area (Å²) in [5.74, 6) is -1.03. The molecule has 0 aliphatic rings. The van der Waals surface area contributed by atoms with Gasteiger partial charge in [-0.2, -0.15) is 0 Å². The Hall–Kier alpha value is -2.74. The molecule has 0 unspecified atom stereocenters. The molecule has 1 amide bonds. The van der Waals surface area contributed by atoms with Gasteiger partial charge in [-0.25, -0.2) is 8.78 Å². The fourth-order valence-corrected chi connectivity index (χ4v) is 3.09. The summed E-state index contributed by atoms with van der Waals surface area (Å²) >= 11 is 1.20. The first-order valence-electron chi connectivity index (χ1n) is 7.82. The van der Waals surface area contributed by atoms with Crippen molar-refractivity contribution in [3.63, 3.8) is 0 Å². The second-order valence-electron chi connectivity index (χ2n) is 5.62. The van der Waals surface area contributed by atoms with E-state index in [9.17, 15) is 13.6 Å². The van der Waals surface area contributed by atoms with E-state index in [1.54, 1.807) is 0 Å². The van der Waals surface area contributed by atoms with Gasteiger partial charge in [-0.05, 0) is 17.7 Å². The minimum Gasteiger partial charge on any atom is -0.325 e. The predicted octanol–water partition coefficient (Wildman–Crippen LogP) is 3.41. The van der Waals surface area contributed by atoms with Gasteiger partial charge in [-0.1, -0.05) is 42.1 Å². The predicted molar refractivity (Wildman–Crippen MR) is 96.0 cm³/mol. The first kappa shape index (κ1) is 18.1. The van der Waals surface area contributed by atoms with E-state index in [4.69, 9.17) is 0 Å². The summed E-state index contributed by atoms with van der Waals surface area (Å²) < 4.78 is 28.1. The van der Waals surface area contributed by atoms with Crippen LogP contribution < -0.4 is 5.32 Å². The second kappa shape index (κ2) is 8.09. The van der Waals surface area contributed by atoms with Gasteiger partial charge >= 0.3 is 0 Å². The molecule has 1 heterocycles. The molecule has 3 aromatic rings. The number of nitrogens with zero attached hydrogens (tertiary/aromatic N) is 3. The molecule has 0 bridgehead atoms. The fraction of sp³-hybridized carbons (Fsp3) is 0.167. The van der Waals surface area contributed by atoms with E-state index in [1.165, 1.54) is 11.8 Å². The minimum absolute atomic E-state index is 0.0510. The third-order valence-corrected chi connectivity index (χ3v) is 4.63. The Labute approximate surface area is 153 Å². The second-order valence-corrected chi connectivity index (χ2v) is 6.56. The third-order valence-electron chi connectivity index (χ3n) is 3.61. The standard InChI is InChI=1S/C18H16F2N4OS/c1-24-16(7-12-5-3-2-4-6-12)22-23-18(24)26-11-17(25)21-15-9-13(19)8-14(20)10-15/h2-6,8-10H,7,11H2,1H3,(H,21,25). The van der Waals surface area contributed by atoms with E-state index in [0.717, 1.165) is 29.6 Å². The zero-order valence-electron chi connectivity index (χ0n) is 13.9. The molecular weight excluding hydrogens is 358 g/mol. The van der Waals surface area contributed by atoms with E-state index in [-0.39, 0.29) is 17.3 Å². The quantitative estimate of drug-likeness (QED) is 0.672. The number of hydrogen-bond donors (Lipinski definition) is 1. The van der Waals surface area contributed by atoms with E-state index in [1.807, 2.05) is 41.9 Å². The summed E-state index contributed by atoms with van der Waals surface area (Å²) in [6.07, 6.45) is 0.639. The maximum absolute atomic E-state index is 13.1. The number of nitrogens with one attached hydrogen (secondary N) is 1. The van der Waals surface area contributed by atoms with E-state index in [2.05, 4.69) is 15.5 Å². The lowest BCUT2D eigenvalue weighted by atomic mass is 10.1. The average molecular weight is 374 g/mol. The molecule has 0 saturated carbocycles. The van der Waals surface area contributed by atoms with Gasteiger partial charge in [0.2, 0.25) is 5.91 Å². The molecule has 1 N–H and O–H groups in total. The summed E-state index contributed by atoms with van der Waals surface area (Å²) in [4.78, 5) is 12.0. The van der Waals surface area contributed by atoms with E-state index < -0.39 is 11.6 Å². The lowest BCUT2D eigenvalue weighted by Gasteiger charge is -2.06. The summed E-state index contributed by atoms with van der Waals surface area (Å²) in [6.45, 7) is 0. The van der Waals surface area contributed by atoms with Gasteiger partial charge in [0.25, 0.3) is 0 Å². The number of rotatable bonds is 6. The summed E-state index contributed by atoms with van der Waals surface area (Å²) in [5, 5.41) is 11.3. The van der Waals surface area contributed by atoms with Crippen molar-refractivity contribution in [2.24, 2.45) is 7.05 Å². The van der Waals surface area contributed by atoms with Gasteiger partial charge in [0, 0.05) is 25.2 Å². The molecule has 0 atom stereocenters. The molecular formula is C18H16F2N4OS. The Balaban J connectivity index is 1.58. The Morgan fingerprint density at radius 1 is 1.12 bits per heavy atom. The van der Waals surface area contributed by atoms with Gasteiger partial charge in [0.1, 0.15) is 17.5 Å². The van der Waals surface area contributed by atoms with Crippen molar-refractivity contribution in [3.8, 4) is 0 Å². The van der Waals surface area contributed by atoms with Gasteiger partial charge in [-0.3, -0.25) is 4.79 Å². The van der Waals surface area contributed by atoms with Crippen molar-refractivity contribution < 1.29 is 13.6 Å². The first-order valence-corrected chi connectivity index (χ1v) is 8.81. The van der Waals surface area contributed by atoms with Crippen molar-refractivity contribution in [2.45, 2.75) is 11.6 Å². The van der Waals surface area contributed by atoms with Gasteiger partial charge in [0.05, 0.1) is 5.75 Å². The highest BCUT2D eigenvalue weighted by Crippen LogP contribution is 2.18. The summed E-state index contributed by atoms with van der Waals surface area (Å²) in [7, 11) is 1.83. The average Bonchev–Trinajstić information content (AvgIpc) is 2.93. The highest BCUT2D eigenvalue weighted by atomic mass is 32.2. The highest BCUT2D eigenvalue weighted by Gasteiger charge is 2.12. The molecule has 134 valence electrons. The molecule has 8 heteroatoms. The van der Waals surface area contributed by atoms with Crippen LogP contribution in [0.4, 0.5) is 14.5 Å². The van der Waals surface area contributed by atoms with Crippen LogP contribution in [0.5, 0.6) is 0 Å². The smallest absolute Gasteiger partial charge is 0.234 e. The highest BCUT2D eigenvalue weighted by molar-refractivity contribution is 7.99. The van der Waals surface area contributed by atoms with Crippen LogP contribution in [0.1, 0.15) is 11.4 Å². The van der Waals surface area contributed by atoms with E-state index >= 15 is 0 Å². The molecule has 0 saturated heterocycles. The lowest BCUT2D eigenvalue weighted by Crippen LogP contribution is -2.15. The molecule has 3 rings (SSSR count). The maximum Gasteiger partial charge on any atom is 0.234 e. The van der Waals surface area contributed by atoms with Crippen LogP contribution in [-0.4, -0.2) is 26.4 Å². The van der Waals surface area contributed by atoms with Gasteiger partial charge in [0.15, 0.2) is 5.16 Å². The van der Waals surface area contributed by atoms with Crippen LogP contribution in [0.2, 0.25) is 0 Å². The Bertz CT molecular complexity index is 895. The fourth-order valence-electron chi connectivity index (χ4n) is 2.36. The van der Waals surface area contributed by atoms with Crippen LogP contribution in [0.3, 0.4) is 0 Å². The number of halogens is 2. The summed E-state index contributed by atoms with van der Waals surface area (Å²) in [5.41, 5.74) is 1.20. The number of amides is 1. The van der Waals surface area contributed by atoms with Crippen molar-refractivity contribution in [1.29, 1.82) is 0 Å². The summed E-state index contributed by atoms with van der Waals surface area (Å²) in [6, 6.07) is 12.8. The van der Waals surface area contributed by atoms with Crippen LogP contribution in [0, 0.1) is 11.6 Å². The monoisotopic (exact) mass is 374 g/mol. The zero-order valence-corrected chi connectivity index (χ0v) is 14.8. The maximum atomic E-state index is 13.1. The van der Waals surface area contributed by atoms with Crippen LogP contribution in [-0.2, 0) is 18.3 Å². The van der Waals surface area contributed by atoms with E-state index in [0.29, 0.717) is 11.6 Å². The van der Waals surface area contributed by atoms with Crippen LogP contribution in [0.25, 0.3) is 0 Å². The van der Waals surface area contributed by atoms with Crippen molar-refractivity contribution in [3.05, 3.63) is 71.6 Å². The molecule has 1 aromatic heterocycles. The Morgan fingerprint density at radius 2 is 1.81 bits per heavy atom.